The first-order chi connectivity index (χ1) is 24.5. The number of ether oxygens (including phenoxy) is 3. The van der Waals surface area contributed by atoms with Crippen LogP contribution in [0.25, 0.3) is 0 Å². The van der Waals surface area contributed by atoms with Crippen LogP contribution >= 0.6 is 35.6 Å². The summed E-state index contributed by atoms with van der Waals surface area (Å²) >= 11 is 11.9. The Labute approximate surface area is 320 Å². The van der Waals surface area contributed by atoms with Crippen molar-refractivity contribution in [3.8, 4) is 12.1 Å². The molecule has 52 heavy (non-hydrogen) atoms. The van der Waals surface area contributed by atoms with E-state index in [1.165, 1.54) is 11.8 Å². The summed E-state index contributed by atoms with van der Waals surface area (Å²) in [4.78, 5) is 14.6. The number of nitrogens with one attached hydrogen (secondary N) is 1. The quantitative estimate of drug-likeness (QED) is 0.226. The van der Waals surface area contributed by atoms with Crippen LogP contribution in [-0.4, -0.2) is 86.8 Å². The molecule has 15 heteroatoms. The fraction of sp³-hybridized carbons (Fsp3) is 0.432. The third-order valence-corrected chi connectivity index (χ3v) is 8.75. The van der Waals surface area contributed by atoms with E-state index in [0.29, 0.717) is 61.5 Å². The van der Waals surface area contributed by atoms with Crippen LogP contribution in [0.5, 0.6) is 0 Å². The molecule has 0 unspecified atom stereocenters. The molecule has 0 saturated carbocycles. The summed E-state index contributed by atoms with van der Waals surface area (Å²) in [6, 6.07) is 19.8. The SMILES string of the molecule is CC(C)(C)OC(=O)N1C[C@H](Cn2cc(C#N)cn2)OC[C@@H]1Cc1ccc(Cl)cc1.Cl.N#Cc1cnn(C[C@H]2CN[C@@H](Cc3ccc(Cl)cc3)CO2)c1. The molecule has 2 aliphatic heterocycles. The molecule has 2 aromatic heterocycles. The van der Waals surface area contributed by atoms with Gasteiger partial charge in [-0.2, -0.15) is 20.7 Å². The van der Waals surface area contributed by atoms with E-state index in [1.807, 2.05) is 69.3 Å². The molecule has 276 valence electrons. The first-order valence-electron chi connectivity index (χ1n) is 16.8. The van der Waals surface area contributed by atoms with E-state index in [9.17, 15) is 4.79 Å². The second-order valence-corrected chi connectivity index (χ2v) is 14.5. The number of nitrogens with zero attached hydrogens (tertiary/aromatic N) is 7. The van der Waals surface area contributed by atoms with Crippen LogP contribution < -0.4 is 5.32 Å². The lowest BCUT2D eigenvalue weighted by molar-refractivity contribution is -0.0751. The van der Waals surface area contributed by atoms with Crippen LogP contribution in [0, 0.1) is 22.7 Å². The zero-order valence-corrected chi connectivity index (χ0v) is 31.7. The van der Waals surface area contributed by atoms with Gasteiger partial charge in [-0.15, -0.1) is 12.4 Å². The first kappa shape index (κ1) is 40.6. The molecule has 2 saturated heterocycles. The van der Waals surface area contributed by atoms with Gasteiger partial charge in [0.2, 0.25) is 0 Å². The molecule has 2 aromatic carbocycles. The van der Waals surface area contributed by atoms with Gasteiger partial charge in [-0.25, -0.2) is 4.79 Å². The Kier molecular flexibility index (Phi) is 14.9. The molecule has 4 atom stereocenters. The van der Waals surface area contributed by atoms with Crippen molar-refractivity contribution >= 4 is 41.7 Å². The summed E-state index contributed by atoms with van der Waals surface area (Å²) in [6.07, 6.45) is 7.53. The summed E-state index contributed by atoms with van der Waals surface area (Å²) in [5.74, 6) is 0. The topological polar surface area (TPSA) is 143 Å². The molecule has 0 aliphatic carbocycles. The maximum Gasteiger partial charge on any atom is 0.410 e. The molecule has 1 amide bonds. The second kappa shape index (κ2) is 19.1. The van der Waals surface area contributed by atoms with Gasteiger partial charge in [-0.1, -0.05) is 47.5 Å². The van der Waals surface area contributed by atoms with Crippen molar-refractivity contribution in [3.05, 3.63) is 106 Å². The average Bonchev–Trinajstić information content (AvgIpc) is 3.77. The van der Waals surface area contributed by atoms with Crippen molar-refractivity contribution < 1.29 is 19.0 Å². The van der Waals surface area contributed by atoms with E-state index in [1.54, 1.807) is 32.9 Å². The molecular formula is C37H43Cl3N8O4. The molecule has 4 aromatic rings. The van der Waals surface area contributed by atoms with Crippen molar-refractivity contribution in [2.24, 2.45) is 0 Å². The third kappa shape index (κ3) is 12.5. The van der Waals surface area contributed by atoms with E-state index < -0.39 is 5.60 Å². The number of aromatic nitrogens is 4. The van der Waals surface area contributed by atoms with Gasteiger partial charge >= 0.3 is 6.09 Å². The third-order valence-electron chi connectivity index (χ3n) is 8.25. The van der Waals surface area contributed by atoms with E-state index >= 15 is 0 Å². The molecule has 1 N–H and O–H groups in total. The number of carbonyl (C=O) groups excluding carboxylic acids is 1. The highest BCUT2D eigenvalue weighted by atomic mass is 35.5. The normalized spacial score (nSPS) is 20.0. The van der Waals surface area contributed by atoms with Gasteiger partial charge < -0.3 is 19.5 Å². The number of halogens is 3. The minimum atomic E-state index is -0.584. The van der Waals surface area contributed by atoms with Gasteiger partial charge in [0.25, 0.3) is 0 Å². The van der Waals surface area contributed by atoms with Crippen molar-refractivity contribution in [2.75, 3.05) is 26.3 Å². The van der Waals surface area contributed by atoms with Crippen molar-refractivity contribution in [3.63, 3.8) is 0 Å². The van der Waals surface area contributed by atoms with Crippen LogP contribution in [0.1, 0.15) is 43.0 Å². The molecule has 2 aliphatic rings. The molecule has 6 rings (SSSR count). The second-order valence-electron chi connectivity index (χ2n) is 13.6. The summed E-state index contributed by atoms with van der Waals surface area (Å²) in [5.41, 5.74) is 2.80. The zero-order valence-electron chi connectivity index (χ0n) is 29.3. The molecule has 12 nitrogen and oxygen atoms in total. The highest BCUT2D eigenvalue weighted by molar-refractivity contribution is 6.30. The van der Waals surface area contributed by atoms with Gasteiger partial charge in [-0.05, 0) is 69.0 Å². The number of rotatable bonds is 8. The number of amides is 1. The summed E-state index contributed by atoms with van der Waals surface area (Å²) in [7, 11) is 0. The lowest BCUT2D eigenvalue weighted by atomic mass is 10.0. The Balaban J connectivity index is 0.000000236. The van der Waals surface area contributed by atoms with Crippen molar-refractivity contribution in [1.82, 2.24) is 29.8 Å². The Hall–Kier alpha value is -4.14. The van der Waals surface area contributed by atoms with E-state index in [-0.39, 0.29) is 36.8 Å². The lowest BCUT2D eigenvalue weighted by Crippen LogP contribution is -2.55. The van der Waals surface area contributed by atoms with E-state index in [2.05, 4.69) is 27.7 Å². The molecule has 0 bridgehead atoms. The minimum absolute atomic E-state index is 0. The molecule has 2 fully saturated rings. The Bertz CT molecular complexity index is 1800. The molecular weight excluding hydrogens is 727 g/mol. The van der Waals surface area contributed by atoms with Gasteiger partial charge in [0.05, 0.1) is 74.6 Å². The Morgan fingerprint density at radius 2 is 1.38 bits per heavy atom. The van der Waals surface area contributed by atoms with Crippen LogP contribution in [0.4, 0.5) is 4.79 Å². The Morgan fingerprint density at radius 3 is 1.87 bits per heavy atom. The number of nitriles is 2. The largest absolute Gasteiger partial charge is 0.444 e. The predicted molar refractivity (Wildman–Crippen MR) is 199 cm³/mol. The molecule has 0 radical (unpaired) electrons. The van der Waals surface area contributed by atoms with Gasteiger partial charge in [0.1, 0.15) is 17.7 Å². The fourth-order valence-electron chi connectivity index (χ4n) is 5.76. The highest BCUT2D eigenvalue weighted by Gasteiger charge is 2.35. The number of hydrogen-bond donors (Lipinski definition) is 1. The standard InChI is InChI=1S/C21H25ClN4O3.C16H17ClN4O.ClH/c1-21(2,3)29-20(27)26-13-19(12-25-11-16(9-23)10-24-25)28-14-18(26)8-15-4-6-17(22)7-5-15;17-14-3-1-12(2-4-14)5-15-11-22-16(8-19-15)10-21-9-13(6-18)7-20-21;/h4-7,10-11,18-19H,8,12-14H2,1-3H3;1-4,7,9,15-16,19H,5,8,10-11H2;1H/t18-,19-;15-,16+;/m00./s1. The van der Waals surface area contributed by atoms with Gasteiger partial charge in [0, 0.05) is 35.0 Å². The maximum absolute atomic E-state index is 12.9. The first-order valence-corrected chi connectivity index (χ1v) is 17.5. The van der Waals surface area contributed by atoms with Crippen LogP contribution in [0.15, 0.2) is 73.3 Å². The van der Waals surface area contributed by atoms with E-state index in [0.717, 1.165) is 23.6 Å². The fourth-order valence-corrected chi connectivity index (χ4v) is 6.01. The lowest BCUT2D eigenvalue weighted by Gasteiger charge is -2.40. The van der Waals surface area contributed by atoms with Crippen LogP contribution in [0.2, 0.25) is 10.0 Å². The van der Waals surface area contributed by atoms with Gasteiger partial charge in [0.15, 0.2) is 0 Å². The Morgan fingerprint density at radius 1 is 0.865 bits per heavy atom. The van der Waals surface area contributed by atoms with Crippen molar-refractivity contribution in [2.45, 2.75) is 76.6 Å². The van der Waals surface area contributed by atoms with Crippen molar-refractivity contribution in [1.29, 1.82) is 10.5 Å². The summed E-state index contributed by atoms with van der Waals surface area (Å²) in [5, 5.41) is 31.0. The monoisotopic (exact) mass is 768 g/mol. The van der Waals surface area contributed by atoms with E-state index in [4.69, 9.17) is 47.9 Å². The van der Waals surface area contributed by atoms with Crippen LogP contribution in [-0.2, 0) is 40.1 Å². The number of benzene rings is 2. The zero-order chi connectivity index (χ0) is 36.4. The average molecular weight is 770 g/mol. The summed E-state index contributed by atoms with van der Waals surface area (Å²) in [6.45, 7) is 8.88. The summed E-state index contributed by atoms with van der Waals surface area (Å²) < 4.78 is 21.0. The predicted octanol–water partition coefficient (Wildman–Crippen LogP) is 6.09. The molecule has 4 heterocycles. The highest BCUT2D eigenvalue weighted by Crippen LogP contribution is 2.22. The maximum atomic E-state index is 12.9. The number of morpholine rings is 2. The molecule has 0 spiro atoms. The number of hydrogen-bond acceptors (Lipinski definition) is 9. The van der Waals surface area contributed by atoms with Gasteiger partial charge in [-0.3, -0.25) is 14.3 Å². The minimum Gasteiger partial charge on any atom is -0.444 e. The van der Waals surface area contributed by atoms with Crippen LogP contribution in [0.3, 0.4) is 0 Å². The smallest absolute Gasteiger partial charge is 0.410 e. The number of carbonyl (C=O) groups is 1.